The minimum absolute atomic E-state index is 0.118. The van der Waals surface area contributed by atoms with Gasteiger partial charge in [-0.2, -0.15) is 0 Å². The van der Waals surface area contributed by atoms with Crippen LogP contribution in [0.1, 0.15) is 60.8 Å². The average Bonchev–Trinajstić information content (AvgIpc) is 2.81. The van der Waals surface area contributed by atoms with Crippen LogP contribution in [0.3, 0.4) is 0 Å². The number of hydrogen-bond donors (Lipinski definition) is 1. The molecule has 0 aromatic carbocycles. The van der Waals surface area contributed by atoms with Gasteiger partial charge in [0.2, 0.25) is 5.91 Å². The normalized spacial score (nSPS) is 44.5. The third-order valence-corrected chi connectivity index (χ3v) is 6.71. The Morgan fingerprint density at radius 2 is 1.95 bits per heavy atom. The van der Waals surface area contributed by atoms with Gasteiger partial charge in [-0.15, -0.1) is 0 Å². The number of carbonyl (C=O) groups excluding carboxylic acids is 1. The van der Waals surface area contributed by atoms with E-state index in [0.717, 1.165) is 13.0 Å². The smallest absolute Gasteiger partial charge is 0.217 e. The number of ether oxygens (including phenoxy) is 1. The van der Waals surface area contributed by atoms with E-state index in [2.05, 4.69) is 39.9 Å². The molecule has 1 N–H and O–H groups in total. The predicted molar refractivity (Wildman–Crippen MR) is 83.8 cm³/mol. The lowest BCUT2D eigenvalue weighted by Gasteiger charge is -2.55. The van der Waals surface area contributed by atoms with Crippen LogP contribution in [0.2, 0.25) is 0 Å². The summed E-state index contributed by atoms with van der Waals surface area (Å²) in [6.07, 6.45) is 3.97. The van der Waals surface area contributed by atoms with Crippen molar-refractivity contribution in [3.05, 3.63) is 0 Å². The van der Waals surface area contributed by atoms with Crippen molar-refractivity contribution in [3.8, 4) is 0 Å². The van der Waals surface area contributed by atoms with Gasteiger partial charge in [-0.1, -0.05) is 34.6 Å². The van der Waals surface area contributed by atoms with Crippen LogP contribution in [0.4, 0.5) is 0 Å². The SMILES string of the molecule is CC(=O)N[C@H]1C(C)(C)[C@@H]2C[C@@H]3[C@@H](C(C)(C)C)OCCC31C2. The molecule has 1 aliphatic heterocycles. The van der Waals surface area contributed by atoms with Crippen LogP contribution in [-0.2, 0) is 9.53 Å². The minimum atomic E-state index is 0.118. The average molecular weight is 293 g/mol. The lowest BCUT2D eigenvalue weighted by Crippen LogP contribution is -2.61. The van der Waals surface area contributed by atoms with E-state index in [-0.39, 0.29) is 22.2 Å². The highest BCUT2D eigenvalue weighted by Crippen LogP contribution is 2.69. The first-order valence-electron chi connectivity index (χ1n) is 8.48. The second-order valence-corrected chi connectivity index (χ2v) is 9.34. The van der Waals surface area contributed by atoms with Gasteiger partial charge in [0.05, 0.1) is 6.10 Å². The van der Waals surface area contributed by atoms with Crippen LogP contribution in [-0.4, -0.2) is 24.7 Å². The Kier molecular flexibility index (Phi) is 3.26. The van der Waals surface area contributed by atoms with E-state index < -0.39 is 0 Å². The molecule has 1 unspecified atom stereocenters. The van der Waals surface area contributed by atoms with Crippen molar-refractivity contribution >= 4 is 5.91 Å². The molecule has 2 bridgehead atoms. The van der Waals surface area contributed by atoms with E-state index in [1.54, 1.807) is 6.92 Å². The van der Waals surface area contributed by atoms with Gasteiger partial charge in [0, 0.05) is 19.6 Å². The lowest BCUT2D eigenvalue weighted by molar-refractivity contribution is -0.159. The molecule has 1 amide bonds. The molecule has 1 saturated heterocycles. The fraction of sp³-hybridized carbons (Fsp3) is 0.944. The van der Waals surface area contributed by atoms with Crippen molar-refractivity contribution in [1.82, 2.24) is 5.32 Å². The number of carbonyl (C=O) groups is 1. The molecular formula is C18H31NO2. The second-order valence-electron chi connectivity index (χ2n) is 9.34. The van der Waals surface area contributed by atoms with Gasteiger partial charge in [0.1, 0.15) is 0 Å². The molecule has 3 aliphatic rings. The van der Waals surface area contributed by atoms with Crippen molar-refractivity contribution < 1.29 is 9.53 Å². The highest BCUT2D eigenvalue weighted by molar-refractivity contribution is 5.73. The highest BCUT2D eigenvalue weighted by Gasteiger charge is 2.69. The number of fused-ring (bicyclic) bond motifs is 1. The summed E-state index contributed by atoms with van der Waals surface area (Å²) < 4.78 is 6.21. The monoisotopic (exact) mass is 293 g/mol. The second kappa shape index (κ2) is 4.47. The fourth-order valence-corrected chi connectivity index (χ4v) is 5.85. The molecule has 3 nitrogen and oxygen atoms in total. The predicted octanol–water partition coefficient (Wildman–Crippen LogP) is 3.38. The molecule has 0 radical (unpaired) electrons. The maximum atomic E-state index is 11.8. The Bertz CT molecular complexity index is 451. The highest BCUT2D eigenvalue weighted by atomic mass is 16.5. The molecule has 2 saturated carbocycles. The van der Waals surface area contributed by atoms with Gasteiger partial charge in [-0.05, 0) is 47.3 Å². The maximum Gasteiger partial charge on any atom is 0.217 e. The molecule has 1 heterocycles. The molecule has 120 valence electrons. The van der Waals surface area contributed by atoms with Gasteiger partial charge in [-0.3, -0.25) is 4.79 Å². The van der Waals surface area contributed by atoms with Gasteiger partial charge in [0.15, 0.2) is 0 Å². The first-order valence-corrected chi connectivity index (χ1v) is 8.48. The number of rotatable bonds is 1. The van der Waals surface area contributed by atoms with E-state index >= 15 is 0 Å². The lowest BCUT2D eigenvalue weighted by atomic mass is 9.57. The van der Waals surface area contributed by atoms with Gasteiger partial charge >= 0.3 is 0 Å². The summed E-state index contributed by atoms with van der Waals surface area (Å²) in [5, 5.41) is 3.33. The Morgan fingerprint density at radius 1 is 1.29 bits per heavy atom. The Labute approximate surface area is 129 Å². The van der Waals surface area contributed by atoms with Crippen LogP contribution in [0.5, 0.6) is 0 Å². The number of hydrogen-bond acceptors (Lipinski definition) is 2. The van der Waals surface area contributed by atoms with Crippen molar-refractivity contribution in [2.45, 2.75) is 73.0 Å². The first kappa shape index (κ1) is 15.3. The Hall–Kier alpha value is -0.570. The summed E-state index contributed by atoms with van der Waals surface area (Å²) in [5.41, 5.74) is 0.644. The standard InChI is InChI=1S/C18H31NO2/c1-11(20)19-15-17(5,6)12-9-13-14(16(2,3)4)21-8-7-18(13,15)10-12/h12-15H,7-10H2,1-6H3,(H,19,20)/t12-,13-,14+,15+,18?/m1/s1. The zero-order valence-electron chi connectivity index (χ0n) is 14.5. The van der Waals surface area contributed by atoms with Crippen molar-refractivity contribution in [3.63, 3.8) is 0 Å². The van der Waals surface area contributed by atoms with Crippen molar-refractivity contribution in [2.24, 2.45) is 28.1 Å². The minimum Gasteiger partial charge on any atom is -0.377 e. The first-order chi connectivity index (χ1) is 9.59. The fourth-order valence-electron chi connectivity index (χ4n) is 5.85. The summed E-state index contributed by atoms with van der Waals surface area (Å²) in [6.45, 7) is 14.1. The van der Waals surface area contributed by atoms with Gasteiger partial charge in [-0.25, -0.2) is 0 Å². The van der Waals surface area contributed by atoms with Gasteiger partial charge in [0.25, 0.3) is 0 Å². The number of amides is 1. The van der Waals surface area contributed by atoms with Crippen molar-refractivity contribution in [1.29, 1.82) is 0 Å². The van der Waals surface area contributed by atoms with E-state index in [9.17, 15) is 4.79 Å². The molecule has 21 heavy (non-hydrogen) atoms. The quantitative estimate of drug-likeness (QED) is 0.805. The molecular weight excluding hydrogens is 262 g/mol. The van der Waals surface area contributed by atoms with Crippen LogP contribution in [0.25, 0.3) is 0 Å². The summed E-state index contributed by atoms with van der Waals surface area (Å²) in [6, 6.07) is 0.306. The molecule has 0 aromatic rings. The topological polar surface area (TPSA) is 38.3 Å². The number of nitrogens with one attached hydrogen (secondary N) is 1. The van der Waals surface area contributed by atoms with Crippen molar-refractivity contribution in [2.75, 3.05) is 6.61 Å². The van der Waals surface area contributed by atoms with Crippen LogP contribution >= 0.6 is 0 Å². The molecule has 3 fully saturated rings. The van der Waals surface area contributed by atoms with E-state index in [1.165, 1.54) is 12.8 Å². The Morgan fingerprint density at radius 3 is 2.52 bits per heavy atom. The molecule has 0 aromatic heterocycles. The van der Waals surface area contributed by atoms with Gasteiger partial charge < -0.3 is 10.1 Å². The van der Waals surface area contributed by atoms with E-state index in [4.69, 9.17) is 4.74 Å². The zero-order chi connectivity index (χ0) is 15.6. The molecule has 3 heteroatoms. The summed E-state index contributed by atoms with van der Waals surface area (Å²) in [5.74, 6) is 1.43. The third-order valence-electron chi connectivity index (χ3n) is 6.71. The molecule has 3 rings (SSSR count). The molecule has 5 atom stereocenters. The van der Waals surface area contributed by atoms with Crippen LogP contribution in [0.15, 0.2) is 0 Å². The Balaban J connectivity index is 1.98. The summed E-state index contributed by atoms with van der Waals surface area (Å²) in [4.78, 5) is 11.8. The van der Waals surface area contributed by atoms with Crippen LogP contribution in [0, 0.1) is 28.1 Å². The zero-order valence-corrected chi connectivity index (χ0v) is 14.5. The van der Waals surface area contributed by atoms with E-state index in [1.807, 2.05) is 0 Å². The van der Waals surface area contributed by atoms with E-state index in [0.29, 0.717) is 24.0 Å². The summed E-state index contributed by atoms with van der Waals surface area (Å²) >= 11 is 0. The maximum absolute atomic E-state index is 11.8. The molecule has 1 spiro atoms. The molecule has 2 aliphatic carbocycles. The van der Waals surface area contributed by atoms with Crippen LogP contribution < -0.4 is 5.32 Å². The largest absolute Gasteiger partial charge is 0.377 e. The summed E-state index contributed by atoms with van der Waals surface area (Å²) in [7, 11) is 0. The third kappa shape index (κ3) is 2.07.